The van der Waals surface area contributed by atoms with Gasteiger partial charge in [-0.1, -0.05) is 24.3 Å². The summed E-state index contributed by atoms with van der Waals surface area (Å²) >= 11 is 7.21. The van der Waals surface area contributed by atoms with Crippen LogP contribution in [0.4, 0.5) is 13.2 Å². The van der Waals surface area contributed by atoms with Gasteiger partial charge in [0.05, 0.1) is 31.2 Å². The average Bonchev–Trinajstić information content (AvgIpc) is 2.92. The topological polar surface area (TPSA) is 22.1 Å². The van der Waals surface area contributed by atoms with E-state index in [2.05, 4.69) is 4.98 Å². The predicted molar refractivity (Wildman–Crippen MR) is 77.4 cm³/mol. The van der Waals surface area contributed by atoms with Crippen LogP contribution in [0.5, 0.6) is 0 Å². The second kappa shape index (κ2) is 7.24. The molecule has 1 aromatic carbocycles. The second-order valence-corrected chi connectivity index (χ2v) is 5.52. The molecule has 0 unspecified atom stereocenters. The highest BCUT2D eigenvalue weighted by Gasteiger charge is 2.26. The summed E-state index contributed by atoms with van der Waals surface area (Å²) in [5, 5.41) is 2.77. The number of alkyl halides is 4. The van der Waals surface area contributed by atoms with Gasteiger partial charge in [-0.05, 0) is 5.56 Å². The van der Waals surface area contributed by atoms with Gasteiger partial charge in [0.1, 0.15) is 5.01 Å². The van der Waals surface area contributed by atoms with Crippen LogP contribution in [0, 0.1) is 0 Å². The number of hydrogen-bond donors (Lipinski definition) is 0. The molecule has 0 spiro atoms. The SMILES string of the molecule is FC(F)(F)CCOCc1ccc(-c2nc(CCl)cs2)cc1. The first-order chi connectivity index (χ1) is 9.98. The molecule has 0 aliphatic carbocycles. The van der Waals surface area contributed by atoms with Gasteiger partial charge in [-0.2, -0.15) is 13.2 Å². The van der Waals surface area contributed by atoms with Gasteiger partial charge in [-0.15, -0.1) is 22.9 Å². The minimum absolute atomic E-state index is 0.168. The van der Waals surface area contributed by atoms with E-state index in [0.717, 1.165) is 21.8 Å². The van der Waals surface area contributed by atoms with Crippen LogP contribution in [0.3, 0.4) is 0 Å². The normalized spacial score (nSPS) is 11.8. The van der Waals surface area contributed by atoms with Crippen LogP contribution in [0.1, 0.15) is 17.7 Å². The van der Waals surface area contributed by atoms with Crippen molar-refractivity contribution in [2.75, 3.05) is 6.61 Å². The van der Waals surface area contributed by atoms with Gasteiger partial charge in [0, 0.05) is 10.9 Å². The van der Waals surface area contributed by atoms with E-state index in [-0.39, 0.29) is 13.2 Å². The number of hydrogen-bond acceptors (Lipinski definition) is 3. The number of halogens is 4. The Balaban J connectivity index is 1.87. The van der Waals surface area contributed by atoms with Gasteiger partial charge < -0.3 is 4.74 Å². The van der Waals surface area contributed by atoms with Gasteiger partial charge in [-0.25, -0.2) is 4.98 Å². The maximum Gasteiger partial charge on any atom is 0.391 e. The highest BCUT2D eigenvalue weighted by Crippen LogP contribution is 2.25. The number of ether oxygens (including phenoxy) is 1. The molecule has 0 amide bonds. The van der Waals surface area contributed by atoms with Crippen molar-refractivity contribution < 1.29 is 17.9 Å². The van der Waals surface area contributed by atoms with Crippen molar-refractivity contribution in [2.45, 2.75) is 25.1 Å². The highest BCUT2D eigenvalue weighted by molar-refractivity contribution is 7.13. The highest BCUT2D eigenvalue weighted by atomic mass is 35.5. The molecular weight excluding hydrogens is 323 g/mol. The van der Waals surface area contributed by atoms with E-state index in [0.29, 0.717) is 5.88 Å². The van der Waals surface area contributed by atoms with Gasteiger partial charge >= 0.3 is 6.18 Å². The van der Waals surface area contributed by atoms with Gasteiger partial charge in [0.15, 0.2) is 0 Å². The molecule has 0 N–H and O–H groups in total. The Morgan fingerprint density at radius 1 is 1.19 bits per heavy atom. The predicted octanol–water partition coefficient (Wildman–Crippen LogP) is 5.02. The van der Waals surface area contributed by atoms with E-state index in [9.17, 15) is 13.2 Å². The molecule has 7 heteroatoms. The summed E-state index contributed by atoms with van der Waals surface area (Å²) in [4.78, 5) is 4.36. The Kier molecular flexibility index (Phi) is 5.61. The van der Waals surface area contributed by atoms with Gasteiger partial charge in [0.25, 0.3) is 0 Å². The number of aromatic nitrogens is 1. The van der Waals surface area contributed by atoms with Crippen molar-refractivity contribution in [1.82, 2.24) is 4.98 Å². The van der Waals surface area contributed by atoms with Gasteiger partial charge in [-0.3, -0.25) is 0 Å². The molecular formula is C14H13ClF3NOS. The molecule has 0 saturated carbocycles. The first kappa shape index (κ1) is 16.3. The minimum atomic E-state index is -4.17. The van der Waals surface area contributed by atoms with Crippen molar-refractivity contribution >= 4 is 22.9 Å². The first-order valence-corrected chi connectivity index (χ1v) is 7.63. The summed E-state index contributed by atoms with van der Waals surface area (Å²) in [7, 11) is 0. The van der Waals surface area contributed by atoms with Crippen LogP contribution in [-0.4, -0.2) is 17.8 Å². The summed E-state index contributed by atoms with van der Waals surface area (Å²) in [6.07, 6.45) is -5.10. The number of benzene rings is 1. The number of rotatable bonds is 6. The third-order valence-corrected chi connectivity index (χ3v) is 3.90. The Labute approximate surface area is 129 Å². The van der Waals surface area contributed by atoms with E-state index >= 15 is 0 Å². The molecule has 0 aliphatic heterocycles. The zero-order valence-electron chi connectivity index (χ0n) is 11.0. The van der Waals surface area contributed by atoms with Crippen LogP contribution in [0.15, 0.2) is 29.6 Å². The summed E-state index contributed by atoms with van der Waals surface area (Å²) in [6, 6.07) is 7.40. The summed E-state index contributed by atoms with van der Waals surface area (Å²) in [5.74, 6) is 0.377. The quantitative estimate of drug-likeness (QED) is 0.546. The molecule has 2 rings (SSSR count). The maximum absolute atomic E-state index is 12.0. The summed E-state index contributed by atoms with van der Waals surface area (Å²) < 4.78 is 40.9. The summed E-state index contributed by atoms with van der Waals surface area (Å²) in [5.41, 5.74) is 2.61. The molecule has 0 fully saturated rings. The summed E-state index contributed by atoms with van der Waals surface area (Å²) in [6.45, 7) is -0.155. The third kappa shape index (κ3) is 5.30. The van der Waals surface area contributed by atoms with Crippen LogP contribution < -0.4 is 0 Å². The molecule has 0 atom stereocenters. The lowest BCUT2D eigenvalue weighted by molar-refractivity contribution is -0.146. The van der Waals surface area contributed by atoms with E-state index in [1.165, 1.54) is 11.3 Å². The smallest absolute Gasteiger partial charge is 0.376 e. The van der Waals surface area contributed by atoms with Gasteiger partial charge in [0.2, 0.25) is 0 Å². The molecule has 0 radical (unpaired) electrons. The van der Waals surface area contributed by atoms with E-state index < -0.39 is 12.6 Å². The van der Waals surface area contributed by atoms with Crippen LogP contribution in [0.2, 0.25) is 0 Å². The lowest BCUT2D eigenvalue weighted by atomic mass is 10.1. The van der Waals surface area contributed by atoms with Crippen LogP contribution >= 0.6 is 22.9 Å². The molecule has 1 heterocycles. The fourth-order valence-corrected chi connectivity index (χ4v) is 2.68. The fourth-order valence-electron chi connectivity index (χ4n) is 1.62. The molecule has 0 aliphatic rings. The Morgan fingerprint density at radius 3 is 2.48 bits per heavy atom. The second-order valence-electron chi connectivity index (χ2n) is 4.39. The zero-order valence-corrected chi connectivity index (χ0v) is 12.6. The van der Waals surface area contributed by atoms with Crippen molar-refractivity contribution in [1.29, 1.82) is 0 Å². The van der Waals surface area contributed by atoms with E-state index in [1.54, 1.807) is 0 Å². The average molecular weight is 336 g/mol. The lowest BCUT2D eigenvalue weighted by Crippen LogP contribution is -2.11. The van der Waals surface area contributed by atoms with Crippen molar-refractivity contribution in [3.8, 4) is 10.6 Å². The molecule has 2 aromatic rings. The fraction of sp³-hybridized carbons (Fsp3) is 0.357. The largest absolute Gasteiger partial charge is 0.391 e. The Bertz CT molecular complexity index is 568. The Morgan fingerprint density at radius 2 is 1.90 bits per heavy atom. The van der Waals surface area contributed by atoms with Crippen molar-refractivity contribution in [3.63, 3.8) is 0 Å². The van der Waals surface area contributed by atoms with Crippen LogP contribution in [-0.2, 0) is 17.2 Å². The van der Waals surface area contributed by atoms with E-state index in [4.69, 9.17) is 16.3 Å². The standard InChI is InChI=1S/C14H13ClF3NOS/c15-7-12-9-21-13(19-12)11-3-1-10(2-4-11)8-20-6-5-14(16,17)18/h1-4,9H,5-8H2. The lowest BCUT2D eigenvalue weighted by Gasteiger charge is -2.07. The third-order valence-electron chi connectivity index (χ3n) is 2.69. The minimum Gasteiger partial charge on any atom is -0.376 e. The number of thiazole rings is 1. The maximum atomic E-state index is 12.0. The molecule has 21 heavy (non-hydrogen) atoms. The number of nitrogens with zero attached hydrogens (tertiary/aromatic N) is 1. The monoisotopic (exact) mass is 335 g/mol. The van der Waals surface area contributed by atoms with E-state index in [1.807, 2.05) is 29.6 Å². The molecule has 114 valence electrons. The Hall–Kier alpha value is -1.11. The molecule has 0 saturated heterocycles. The zero-order chi connectivity index (χ0) is 15.3. The molecule has 2 nitrogen and oxygen atoms in total. The molecule has 0 bridgehead atoms. The molecule has 1 aromatic heterocycles. The van der Waals surface area contributed by atoms with Crippen molar-refractivity contribution in [3.05, 3.63) is 40.9 Å². The first-order valence-electron chi connectivity index (χ1n) is 6.22. The van der Waals surface area contributed by atoms with Crippen molar-refractivity contribution in [2.24, 2.45) is 0 Å². The van der Waals surface area contributed by atoms with Crippen LogP contribution in [0.25, 0.3) is 10.6 Å².